The number of aromatic nitrogens is 2. The van der Waals surface area contributed by atoms with E-state index in [0.717, 1.165) is 28.5 Å². The summed E-state index contributed by atoms with van der Waals surface area (Å²) in [4.78, 5) is 11.3. The minimum atomic E-state index is -0.183. The third kappa shape index (κ3) is 2.44. The van der Waals surface area contributed by atoms with Crippen molar-refractivity contribution in [1.29, 1.82) is 0 Å². The summed E-state index contributed by atoms with van der Waals surface area (Å²) in [7, 11) is 1.84. The van der Waals surface area contributed by atoms with Crippen LogP contribution in [0.2, 0.25) is 0 Å². The van der Waals surface area contributed by atoms with Crippen molar-refractivity contribution < 1.29 is 9.18 Å². The molecule has 0 unspecified atom stereocenters. The van der Waals surface area contributed by atoms with Crippen molar-refractivity contribution in [1.82, 2.24) is 15.1 Å². The summed E-state index contributed by atoms with van der Waals surface area (Å²) in [6.07, 6.45) is 5.91. The highest BCUT2D eigenvalue weighted by Gasteiger charge is 2.23. The van der Waals surface area contributed by atoms with Gasteiger partial charge in [-0.2, -0.15) is 5.10 Å². The van der Waals surface area contributed by atoms with Gasteiger partial charge in [-0.3, -0.25) is 9.48 Å². The van der Waals surface area contributed by atoms with Crippen molar-refractivity contribution in [3.63, 3.8) is 0 Å². The lowest BCUT2D eigenvalue weighted by atomic mass is 10.0. The predicted molar refractivity (Wildman–Crippen MR) is 80.3 cm³/mol. The van der Waals surface area contributed by atoms with E-state index in [9.17, 15) is 9.18 Å². The van der Waals surface area contributed by atoms with Crippen molar-refractivity contribution >= 4 is 22.4 Å². The molecule has 0 fully saturated rings. The summed E-state index contributed by atoms with van der Waals surface area (Å²) >= 11 is 0. The van der Waals surface area contributed by atoms with Crippen LogP contribution in [0.1, 0.15) is 30.9 Å². The second-order valence-electron chi connectivity index (χ2n) is 5.33. The Morgan fingerprint density at radius 1 is 1.52 bits per heavy atom. The number of nitrogens with zero attached hydrogens (tertiary/aromatic N) is 2. The van der Waals surface area contributed by atoms with Gasteiger partial charge in [0, 0.05) is 37.7 Å². The van der Waals surface area contributed by atoms with Crippen LogP contribution >= 0.6 is 0 Å². The monoisotopic (exact) mass is 287 g/mol. The Kier molecular flexibility index (Phi) is 3.49. The molecule has 0 radical (unpaired) electrons. The number of rotatable bonds is 3. The van der Waals surface area contributed by atoms with E-state index in [2.05, 4.69) is 10.4 Å². The normalized spacial score (nSPS) is 15.7. The molecular weight excluding hydrogens is 269 g/mol. The molecule has 0 aliphatic heterocycles. The Balaban J connectivity index is 2.00. The fourth-order valence-corrected chi connectivity index (χ4v) is 2.91. The maximum atomic E-state index is 14.2. The molecule has 1 aliphatic rings. The fourth-order valence-electron chi connectivity index (χ4n) is 2.91. The van der Waals surface area contributed by atoms with E-state index >= 15 is 0 Å². The maximum absolute atomic E-state index is 14.2. The first-order valence-corrected chi connectivity index (χ1v) is 7.21. The lowest BCUT2D eigenvalue weighted by Crippen LogP contribution is -2.22. The molecule has 0 spiro atoms. The van der Waals surface area contributed by atoms with Crippen LogP contribution in [-0.4, -0.2) is 22.2 Å². The molecular formula is C16H18FN3O. The van der Waals surface area contributed by atoms with Gasteiger partial charge in [0.15, 0.2) is 0 Å². The van der Waals surface area contributed by atoms with E-state index < -0.39 is 0 Å². The molecule has 2 aromatic rings. The van der Waals surface area contributed by atoms with Crippen molar-refractivity contribution in [2.75, 3.05) is 6.54 Å². The van der Waals surface area contributed by atoms with Gasteiger partial charge in [-0.05, 0) is 29.5 Å². The lowest BCUT2D eigenvalue weighted by Gasteiger charge is -2.05. The van der Waals surface area contributed by atoms with Gasteiger partial charge in [0.25, 0.3) is 0 Å². The van der Waals surface area contributed by atoms with Gasteiger partial charge in [-0.25, -0.2) is 4.39 Å². The van der Waals surface area contributed by atoms with Gasteiger partial charge in [0.2, 0.25) is 5.91 Å². The lowest BCUT2D eigenvalue weighted by molar-refractivity contribution is -0.120. The van der Waals surface area contributed by atoms with Crippen LogP contribution in [0.25, 0.3) is 16.5 Å². The molecule has 0 bridgehead atoms. The van der Waals surface area contributed by atoms with Gasteiger partial charge < -0.3 is 5.32 Å². The van der Waals surface area contributed by atoms with E-state index in [0.29, 0.717) is 24.9 Å². The van der Waals surface area contributed by atoms with Crippen molar-refractivity contribution in [2.45, 2.75) is 26.2 Å². The van der Waals surface area contributed by atoms with Crippen molar-refractivity contribution in [2.24, 2.45) is 7.05 Å². The van der Waals surface area contributed by atoms with Crippen LogP contribution in [0.15, 0.2) is 18.3 Å². The summed E-state index contributed by atoms with van der Waals surface area (Å²) in [6.45, 7) is 2.31. The van der Waals surface area contributed by atoms with Gasteiger partial charge in [0.1, 0.15) is 5.82 Å². The first kappa shape index (κ1) is 13.8. The van der Waals surface area contributed by atoms with Gasteiger partial charge in [0.05, 0.1) is 5.52 Å². The molecule has 110 valence electrons. The highest BCUT2D eigenvalue weighted by Crippen LogP contribution is 2.38. The minimum Gasteiger partial charge on any atom is -0.353 e. The number of halogens is 1. The average Bonchev–Trinajstić information content (AvgIpc) is 3.02. The highest BCUT2D eigenvalue weighted by molar-refractivity contribution is 5.95. The molecule has 21 heavy (non-hydrogen) atoms. The Hall–Kier alpha value is -2.17. The first-order valence-electron chi connectivity index (χ1n) is 7.21. The van der Waals surface area contributed by atoms with E-state index in [1.807, 2.05) is 26.2 Å². The van der Waals surface area contributed by atoms with E-state index in [4.69, 9.17) is 0 Å². The highest BCUT2D eigenvalue weighted by atomic mass is 19.1. The number of amides is 1. The third-order valence-electron chi connectivity index (χ3n) is 3.91. The molecule has 0 saturated carbocycles. The minimum absolute atomic E-state index is 0.0239. The number of hydrogen-bond acceptors (Lipinski definition) is 2. The molecule has 1 N–H and O–H groups in total. The van der Waals surface area contributed by atoms with Crippen LogP contribution < -0.4 is 5.32 Å². The zero-order chi connectivity index (χ0) is 15.0. The molecule has 3 rings (SSSR count). The SMILES string of the molecule is CCC(=O)NC/C=C1\CCc2c(F)cc3nn(C)cc3c21. The molecule has 5 heteroatoms. The second kappa shape index (κ2) is 5.31. The first-order chi connectivity index (χ1) is 10.1. The van der Waals surface area contributed by atoms with E-state index in [1.165, 1.54) is 6.07 Å². The number of aryl methyl sites for hydroxylation is 1. The largest absolute Gasteiger partial charge is 0.353 e. The summed E-state index contributed by atoms with van der Waals surface area (Å²) in [6, 6.07) is 1.51. The Morgan fingerprint density at radius 3 is 3.10 bits per heavy atom. The quantitative estimate of drug-likeness (QED) is 0.943. The predicted octanol–water partition coefficient (Wildman–Crippen LogP) is 2.57. The van der Waals surface area contributed by atoms with E-state index in [-0.39, 0.29) is 11.7 Å². The summed E-state index contributed by atoms with van der Waals surface area (Å²) in [5.41, 5.74) is 3.51. The Bertz CT molecular complexity index is 746. The van der Waals surface area contributed by atoms with Crippen molar-refractivity contribution in [3.05, 3.63) is 35.3 Å². The Labute approximate surface area is 122 Å². The molecule has 1 amide bonds. The molecule has 1 aromatic heterocycles. The zero-order valence-corrected chi connectivity index (χ0v) is 12.2. The summed E-state index contributed by atoms with van der Waals surface area (Å²) in [5, 5.41) is 8.10. The van der Waals surface area contributed by atoms with E-state index in [1.54, 1.807) is 4.68 Å². The molecule has 1 heterocycles. The number of allylic oxidation sites excluding steroid dienone is 1. The van der Waals surface area contributed by atoms with Crippen LogP contribution in [0.4, 0.5) is 4.39 Å². The van der Waals surface area contributed by atoms with Crippen LogP contribution in [-0.2, 0) is 18.3 Å². The van der Waals surface area contributed by atoms with Crippen molar-refractivity contribution in [3.8, 4) is 0 Å². The van der Waals surface area contributed by atoms with Crippen LogP contribution in [0.5, 0.6) is 0 Å². The standard InChI is InChI=1S/C16H18FN3O/c1-3-15(21)18-7-6-10-4-5-11-13(17)8-14-12(16(10)11)9-20(2)19-14/h6,8-9H,3-5,7H2,1-2H3,(H,18,21)/b10-6+. The van der Waals surface area contributed by atoms with Gasteiger partial charge in [-0.1, -0.05) is 13.0 Å². The number of hydrogen-bond donors (Lipinski definition) is 1. The molecule has 1 aliphatic carbocycles. The summed E-state index contributed by atoms with van der Waals surface area (Å²) in [5.74, 6) is -0.159. The topological polar surface area (TPSA) is 46.9 Å². The fraction of sp³-hybridized carbons (Fsp3) is 0.375. The molecule has 0 saturated heterocycles. The number of carbonyl (C=O) groups excluding carboxylic acids is 1. The maximum Gasteiger partial charge on any atom is 0.219 e. The van der Waals surface area contributed by atoms with Crippen LogP contribution in [0, 0.1) is 5.82 Å². The average molecular weight is 287 g/mol. The summed E-state index contributed by atoms with van der Waals surface area (Å²) < 4.78 is 15.9. The van der Waals surface area contributed by atoms with Gasteiger partial charge in [-0.15, -0.1) is 0 Å². The zero-order valence-electron chi connectivity index (χ0n) is 12.2. The smallest absolute Gasteiger partial charge is 0.219 e. The Morgan fingerprint density at radius 2 is 2.33 bits per heavy atom. The number of carbonyl (C=O) groups is 1. The molecule has 4 nitrogen and oxygen atoms in total. The van der Waals surface area contributed by atoms with Gasteiger partial charge >= 0.3 is 0 Å². The number of nitrogens with one attached hydrogen (secondary N) is 1. The second-order valence-corrected chi connectivity index (χ2v) is 5.33. The number of fused-ring (bicyclic) bond motifs is 3. The van der Waals surface area contributed by atoms with Crippen LogP contribution in [0.3, 0.4) is 0 Å². The molecule has 1 aromatic carbocycles. The third-order valence-corrected chi connectivity index (χ3v) is 3.91. The molecule has 0 atom stereocenters. The number of benzene rings is 1.